The van der Waals surface area contributed by atoms with Crippen LogP contribution in [0, 0.1) is 6.92 Å². The van der Waals surface area contributed by atoms with E-state index in [0.717, 1.165) is 11.3 Å². The molecule has 0 radical (unpaired) electrons. The molecular formula is C18H20F3N5O2. The zero-order chi connectivity index (χ0) is 20.3. The molecule has 28 heavy (non-hydrogen) atoms. The largest absolute Gasteiger partial charge is 0.468 e. The van der Waals surface area contributed by atoms with Gasteiger partial charge in [0, 0.05) is 23.7 Å². The number of aryl methyl sites for hydroxylation is 1. The van der Waals surface area contributed by atoms with Gasteiger partial charge in [0.05, 0.1) is 12.2 Å². The lowest BCUT2D eigenvalue weighted by Gasteiger charge is -2.38. The molecule has 0 saturated heterocycles. The molecule has 2 atom stereocenters. The average molecular weight is 395 g/mol. The van der Waals surface area contributed by atoms with Crippen molar-refractivity contribution in [2.45, 2.75) is 39.3 Å². The van der Waals surface area contributed by atoms with Crippen LogP contribution in [0.5, 0.6) is 5.88 Å². The summed E-state index contributed by atoms with van der Waals surface area (Å²) in [6.45, 7) is 4.18. The van der Waals surface area contributed by atoms with E-state index in [0.29, 0.717) is 11.6 Å². The molecule has 2 aromatic heterocycles. The molecule has 3 heterocycles. The van der Waals surface area contributed by atoms with E-state index in [1.165, 1.54) is 18.7 Å². The second kappa shape index (κ2) is 7.91. The molecule has 2 aromatic rings. The molecule has 0 spiro atoms. The zero-order valence-corrected chi connectivity index (χ0v) is 15.6. The number of nitrogens with zero attached hydrogens (tertiary/aromatic N) is 4. The highest BCUT2D eigenvalue weighted by Gasteiger charge is 2.30. The molecule has 7 nitrogen and oxygen atoms in total. The number of oxazole rings is 1. The summed E-state index contributed by atoms with van der Waals surface area (Å²) in [5, 5.41) is 3.09. The van der Waals surface area contributed by atoms with Gasteiger partial charge in [-0.05, 0) is 38.5 Å². The Kier molecular flexibility index (Phi) is 5.57. The molecule has 2 unspecified atom stereocenters. The van der Waals surface area contributed by atoms with Crippen LogP contribution < -0.4 is 10.1 Å². The summed E-state index contributed by atoms with van der Waals surface area (Å²) >= 11 is 0. The Morgan fingerprint density at radius 3 is 2.75 bits per heavy atom. The number of pyridine rings is 1. The number of anilines is 1. The summed E-state index contributed by atoms with van der Waals surface area (Å²) in [5.41, 5.74) is 2.27. The number of halogens is 3. The minimum absolute atomic E-state index is 0.0355. The van der Waals surface area contributed by atoms with Crippen LogP contribution in [0.1, 0.15) is 31.0 Å². The van der Waals surface area contributed by atoms with E-state index in [-0.39, 0.29) is 11.9 Å². The van der Waals surface area contributed by atoms with E-state index in [4.69, 9.17) is 9.15 Å². The van der Waals surface area contributed by atoms with E-state index < -0.39 is 19.1 Å². The molecule has 1 N–H and O–H groups in total. The molecule has 0 bridgehead atoms. The van der Waals surface area contributed by atoms with Crippen molar-refractivity contribution in [2.24, 2.45) is 4.99 Å². The first-order chi connectivity index (χ1) is 13.2. The second-order valence-corrected chi connectivity index (χ2v) is 6.34. The van der Waals surface area contributed by atoms with Crippen LogP contribution in [0.2, 0.25) is 0 Å². The maximum atomic E-state index is 12.4. The van der Waals surface area contributed by atoms with Gasteiger partial charge in [-0.1, -0.05) is 0 Å². The van der Waals surface area contributed by atoms with Gasteiger partial charge in [-0.2, -0.15) is 13.2 Å². The van der Waals surface area contributed by atoms with Crippen LogP contribution in [0.4, 0.5) is 19.2 Å². The lowest BCUT2D eigenvalue weighted by molar-refractivity contribution is -0.154. The average Bonchev–Trinajstić information content (AvgIpc) is 3.12. The summed E-state index contributed by atoms with van der Waals surface area (Å²) in [7, 11) is 0. The highest BCUT2D eigenvalue weighted by molar-refractivity contribution is 5.73. The van der Waals surface area contributed by atoms with Crippen molar-refractivity contribution in [3.05, 3.63) is 47.6 Å². The summed E-state index contributed by atoms with van der Waals surface area (Å²) in [6, 6.07) is 1.92. The Morgan fingerprint density at radius 2 is 2.11 bits per heavy atom. The number of ether oxygens (including phenoxy) is 1. The van der Waals surface area contributed by atoms with Crippen molar-refractivity contribution in [3.8, 4) is 5.88 Å². The first-order valence-corrected chi connectivity index (χ1v) is 8.55. The molecule has 0 amide bonds. The zero-order valence-electron chi connectivity index (χ0n) is 15.6. The molecule has 0 aliphatic carbocycles. The molecule has 150 valence electrons. The number of rotatable bonds is 6. The topological polar surface area (TPSA) is 75.8 Å². The van der Waals surface area contributed by atoms with Crippen LogP contribution in [-0.2, 0) is 0 Å². The lowest BCUT2D eigenvalue weighted by atomic mass is 10.1. The number of hydrogen-bond acceptors (Lipinski definition) is 7. The Bertz CT molecular complexity index is 865. The van der Waals surface area contributed by atoms with Crippen LogP contribution in [-0.4, -0.2) is 40.2 Å². The van der Waals surface area contributed by atoms with E-state index in [9.17, 15) is 13.2 Å². The van der Waals surface area contributed by atoms with Gasteiger partial charge in [0.25, 0.3) is 6.01 Å². The van der Waals surface area contributed by atoms with E-state index in [2.05, 4.69) is 20.3 Å². The molecule has 0 saturated carbocycles. The summed E-state index contributed by atoms with van der Waals surface area (Å²) < 4.78 is 47.1. The van der Waals surface area contributed by atoms with Gasteiger partial charge in [0.1, 0.15) is 6.26 Å². The third-order valence-electron chi connectivity index (χ3n) is 4.22. The highest BCUT2D eigenvalue weighted by atomic mass is 19.4. The Hall–Kier alpha value is -3.04. The number of aromatic nitrogens is 2. The summed E-state index contributed by atoms with van der Waals surface area (Å²) in [4.78, 5) is 14.5. The predicted molar refractivity (Wildman–Crippen MR) is 96.9 cm³/mol. The van der Waals surface area contributed by atoms with E-state index >= 15 is 0 Å². The van der Waals surface area contributed by atoms with Crippen molar-refractivity contribution < 1.29 is 22.3 Å². The minimum atomic E-state index is -4.41. The number of nitrogens with one attached hydrogen (secondary N) is 1. The Labute approximate surface area is 159 Å². The summed E-state index contributed by atoms with van der Waals surface area (Å²) in [6.07, 6.45) is 3.18. The van der Waals surface area contributed by atoms with Gasteiger partial charge in [-0.3, -0.25) is 0 Å². The van der Waals surface area contributed by atoms with Gasteiger partial charge in [-0.25, -0.2) is 15.0 Å². The SMILES string of the molecule is CC1=CC=NC(Nc2ncco2)N1C(C)c1cnc(OCC(F)(F)F)c(C)c1. The predicted octanol–water partition coefficient (Wildman–Crippen LogP) is 4.07. The highest BCUT2D eigenvalue weighted by Crippen LogP contribution is 2.31. The Balaban J connectivity index is 1.78. The number of aliphatic imine (C=N–C) groups is 1. The van der Waals surface area contributed by atoms with Gasteiger partial charge in [0.15, 0.2) is 12.9 Å². The van der Waals surface area contributed by atoms with Gasteiger partial charge in [-0.15, -0.1) is 0 Å². The fraction of sp³-hybridized carbons (Fsp3) is 0.389. The van der Waals surface area contributed by atoms with Crippen LogP contribution in [0.25, 0.3) is 0 Å². The first-order valence-electron chi connectivity index (χ1n) is 8.55. The fourth-order valence-electron chi connectivity index (χ4n) is 2.89. The summed E-state index contributed by atoms with van der Waals surface area (Å²) in [5.74, 6) is -0.0355. The molecule has 3 rings (SSSR count). The molecule has 0 aromatic carbocycles. The molecule has 10 heteroatoms. The maximum Gasteiger partial charge on any atom is 0.422 e. The van der Waals surface area contributed by atoms with Crippen molar-refractivity contribution in [1.82, 2.24) is 14.9 Å². The first kappa shape index (κ1) is 19.7. The van der Waals surface area contributed by atoms with Crippen molar-refractivity contribution in [3.63, 3.8) is 0 Å². The number of allylic oxidation sites excluding steroid dienone is 2. The standard InChI is InChI=1S/C18H20F3N5O2/c1-11-8-14(9-24-15(11)28-10-18(19,20)21)13(3)26-12(2)4-5-22-16(26)25-17-23-6-7-27-17/h4-9,13,16H,10H2,1-3H3,(H,23,25). The normalized spacial score (nSPS) is 18.0. The third kappa shape index (κ3) is 4.62. The van der Waals surface area contributed by atoms with E-state index in [1.54, 1.807) is 19.2 Å². The van der Waals surface area contributed by atoms with Crippen molar-refractivity contribution in [1.29, 1.82) is 0 Å². The molecular weight excluding hydrogens is 375 g/mol. The molecule has 0 fully saturated rings. The van der Waals surface area contributed by atoms with Gasteiger partial charge >= 0.3 is 6.18 Å². The van der Waals surface area contributed by atoms with Crippen LogP contribution in [0.3, 0.4) is 0 Å². The second-order valence-electron chi connectivity index (χ2n) is 6.34. The van der Waals surface area contributed by atoms with Gasteiger partial charge < -0.3 is 19.4 Å². The third-order valence-corrected chi connectivity index (χ3v) is 4.22. The lowest BCUT2D eigenvalue weighted by Crippen LogP contribution is -2.41. The van der Waals surface area contributed by atoms with Crippen molar-refractivity contribution in [2.75, 3.05) is 11.9 Å². The minimum Gasteiger partial charge on any atom is -0.468 e. The Morgan fingerprint density at radius 1 is 1.32 bits per heavy atom. The van der Waals surface area contributed by atoms with Crippen molar-refractivity contribution >= 4 is 12.2 Å². The molecule has 1 aliphatic heterocycles. The monoisotopic (exact) mass is 395 g/mol. The van der Waals surface area contributed by atoms with Crippen LogP contribution in [0.15, 0.2) is 45.9 Å². The maximum absolute atomic E-state index is 12.4. The smallest absolute Gasteiger partial charge is 0.422 e. The quantitative estimate of drug-likeness (QED) is 0.795. The fourth-order valence-corrected chi connectivity index (χ4v) is 2.89. The number of alkyl halides is 3. The number of hydrogen-bond donors (Lipinski definition) is 1. The van der Waals surface area contributed by atoms with E-state index in [1.807, 2.05) is 24.8 Å². The van der Waals surface area contributed by atoms with Gasteiger partial charge in [0.2, 0.25) is 5.88 Å². The molecule has 1 aliphatic rings. The van der Waals surface area contributed by atoms with Crippen LogP contribution >= 0.6 is 0 Å².